The van der Waals surface area contributed by atoms with Gasteiger partial charge in [0, 0.05) is 42.2 Å². The van der Waals surface area contributed by atoms with Gasteiger partial charge in [0.2, 0.25) is 0 Å². The van der Waals surface area contributed by atoms with Gasteiger partial charge >= 0.3 is 6.03 Å². The maximum absolute atomic E-state index is 13.2. The summed E-state index contributed by atoms with van der Waals surface area (Å²) in [6, 6.07) is 28.8. The number of nitro benzene ring substituents is 1. The lowest BCUT2D eigenvalue weighted by Crippen LogP contribution is -2.41. The van der Waals surface area contributed by atoms with Gasteiger partial charge in [-0.15, -0.1) is 0 Å². The molecule has 0 spiro atoms. The van der Waals surface area contributed by atoms with Gasteiger partial charge in [-0.1, -0.05) is 35.9 Å². The van der Waals surface area contributed by atoms with Gasteiger partial charge in [0.25, 0.3) is 11.6 Å². The number of anilines is 2. The Morgan fingerprint density at radius 2 is 1.47 bits per heavy atom. The van der Waals surface area contributed by atoms with Crippen LogP contribution < -0.4 is 20.3 Å². The third-order valence-electron chi connectivity index (χ3n) is 5.64. The molecule has 3 amide bonds. The highest BCUT2D eigenvalue weighted by atomic mass is 16.6. The lowest BCUT2D eigenvalue weighted by atomic mass is 10.2. The zero-order chi connectivity index (χ0) is 26.9. The van der Waals surface area contributed by atoms with E-state index in [2.05, 4.69) is 10.6 Å². The number of nitro groups is 1. The second kappa shape index (κ2) is 12.2. The largest absolute Gasteiger partial charge is 0.457 e. The number of carbonyl (C=O) groups excluding carboxylic acids is 2. The van der Waals surface area contributed by atoms with Crippen LogP contribution in [0, 0.1) is 17.0 Å². The van der Waals surface area contributed by atoms with E-state index < -0.39 is 10.8 Å². The van der Waals surface area contributed by atoms with Gasteiger partial charge in [-0.2, -0.15) is 0 Å². The fourth-order valence-corrected chi connectivity index (χ4v) is 3.61. The molecule has 0 bridgehead atoms. The number of urea groups is 1. The molecule has 0 radical (unpaired) electrons. The number of carbonyl (C=O) groups is 2. The van der Waals surface area contributed by atoms with E-state index in [-0.39, 0.29) is 30.4 Å². The van der Waals surface area contributed by atoms with Gasteiger partial charge in [-0.25, -0.2) is 4.79 Å². The predicted molar refractivity (Wildman–Crippen MR) is 146 cm³/mol. The lowest BCUT2D eigenvalue weighted by Gasteiger charge is -2.24. The molecule has 0 aliphatic rings. The van der Waals surface area contributed by atoms with E-state index in [0.717, 1.165) is 5.56 Å². The normalized spacial score (nSPS) is 10.3. The Kier molecular flexibility index (Phi) is 8.30. The second-order valence-electron chi connectivity index (χ2n) is 8.42. The Hall–Kier alpha value is -5.18. The zero-order valence-electron chi connectivity index (χ0n) is 20.7. The average molecular weight is 511 g/mol. The number of hydrogen-bond acceptors (Lipinski definition) is 5. The van der Waals surface area contributed by atoms with Gasteiger partial charge in [-0.05, 0) is 67.6 Å². The van der Waals surface area contributed by atoms with Crippen molar-refractivity contribution in [2.24, 2.45) is 0 Å². The molecule has 0 aliphatic carbocycles. The maximum atomic E-state index is 13.2. The molecule has 9 heteroatoms. The number of non-ortho nitro benzene ring substituents is 1. The molecule has 192 valence electrons. The highest BCUT2D eigenvalue weighted by Crippen LogP contribution is 2.25. The summed E-state index contributed by atoms with van der Waals surface area (Å²) in [5, 5.41) is 16.5. The van der Waals surface area contributed by atoms with E-state index in [4.69, 9.17) is 4.74 Å². The van der Waals surface area contributed by atoms with Gasteiger partial charge in [0.15, 0.2) is 0 Å². The van der Waals surface area contributed by atoms with Gasteiger partial charge < -0.3 is 15.4 Å². The third-order valence-corrected chi connectivity index (χ3v) is 5.64. The number of para-hydroxylation sites is 1. The maximum Gasteiger partial charge on any atom is 0.326 e. The number of nitrogens with zero attached hydrogens (tertiary/aromatic N) is 2. The molecule has 0 atom stereocenters. The Labute approximate surface area is 219 Å². The van der Waals surface area contributed by atoms with E-state index >= 15 is 0 Å². The Morgan fingerprint density at radius 1 is 0.842 bits per heavy atom. The van der Waals surface area contributed by atoms with E-state index in [1.165, 1.54) is 29.2 Å². The third kappa shape index (κ3) is 6.94. The molecule has 0 saturated heterocycles. The molecule has 0 aromatic heterocycles. The van der Waals surface area contributed by atoms with Crippen LogP contribution in [-0.2, 0) is 0 Å². The SMILES string of the molecule is Cc1ccc(NC(=O)N(CCNC(=O)c2ccc([N+](=O)[O-])cc2)c2ccc(Oc3ccccc3)cc2)cc1. The highest BCUT2D eigenvalue weighted by Gasteiger charge is 2.17. The van der Waals surface area contributed by atoms with Crippen molar-refractivity contribution in [2.45, 2.75) is 6.92 Å². The summed E-state index contributed by atoms with van der Waals surface area (Å²) in [6.07, 6.45) is 0. The van der Waals surface area contributed by atoms with Crippen LogP contribution in [0.5, 0.6) is 11.5 Å². The van der Waals surface area contributed by atoms with Crippen molar-refractivity contribution >= 4 is 29.0 Å². The van der Waals surface area contributed by atoms with E-state index in [0.29, 0.717) is 22.9 Å². The minimum absolute atomic E-state index is 0.0970. The summed E-state index contributed by atoms with van der Waals surface area (Å²) >= 11 is 0. The van der Waals surface area contributed by atoms with Crippen LogP contribution in [0.4, 0.5) is 21.9 Å². The van der Waals surface area contributed by atoms with Gasteiger partial charge in [0.05, 0.1) is 4.92 Å². The first-order chi connectivity index (χ1) is 18.4. The Balaban J connectivity index is 1.45. The zero-order valence-corrected chi connectivity index (χ0v) is 20.7. The van der Waals surface area contributed by atoms with Crippen LogP contribution >= 0.6 is 0 Å². The minimum Gasteiger partial charge on any atom is -0.457 e. The first-order valence-corrected chi connectivity index (χ1v) is 11.9. The Morgan fingerprint density at radius 3 is 2.11 bits per heavy atom. The number of rotatable bonds is 9. The molecule has 4 rings (SSSR count). The standard InChI is InChI=1S/C29H26N4O5/c1-21-7-11-23(12-8-21)31-29(35)32(20-19-30-28(34)22-9-13-25(14-10-22)33(36)37)24-15-17-27(18-16-24)38-26-5-3-2-4-6-26/h2-18H,19-20H2,1H3,(H,30,34)(H,31,35). The molecule has 0 fully saturated rings. The second-order valence-corrected chi connectivity index (χ2v) is 8.42. The topological polar surface area (TPSA) is 114 Å². The van der Waals surface area contributed by atoms with Crippen LogP contribution in [0.25, 0.3) is 0 Å². The smallest absolute Gasteiger partial charge is 0.326 e. The molecule has 0 heterocycles. The molecule has 4 aromatic carbocycles. The van der Waals surface area contributed by atoms with Crippen LogP contribution in [0.2, 0.25) is 0 Å². The molecule has 0 saturated carbocycles. The number of benzene rings is 4. The summed E-state index contributed by atoms with van der Waals surface area (Å²) < 4.78 is 5.85. The molecular weight excluding hydrogens is 484 g/mol. The predicted octanol–water partition coefficient (Wildman–Crippen LogP) is 6.16. The van der Waals surface area contributed by atoms with Gasteiger partial charge in [0.1, 0.15) is 11.5 Å². The molecule has 9 nitrogen and oxygen atoms in total. The average Bonchev–Trinajstić information content (AvgIpc) is 2.93. The van der Waals surface area contributed by atoms with Gasteiger partial charge in [-0.3, -0.25) is 19.8 Å². The van der Waals surface area contributed by atoms with Crippen LogP contribution in [0.15, 0.2) is 103 Å². The monoisotopic (exact) mass is 510 g/mol. The number of aryl methyl sites for hydroxylation is 1. The molecule has 0 aliphatic heterocycles. The van der Waals surface area contributed by atoms with Crippen LogP contribution in [0.1, 0.15) is 15.9 Å². The molecular formula is C29H26N4O5. The van der Waals surface area contributed by atoms with Crippen molar-refractivity contribution in [2.75, 3.05) is 23.3 Å². The quantitative estimate of drug-likeness (QED) is 0.207. The van der Waals surface area contributed by atoms with E-state index in [9.17, 15) is 19.7 Å². The first-order valence-electron chi connectivity index (χ1n) is 11.9. The van der Waals surface area contributed by atoms with Crippen molar-refractivity contribution in [3.05, 3.63) is 124 Å². The molecule has 4 aromatic rings. The van der Waals surface area contributed by atoms with Crippen molar-refractivity contribution in [3.8, 4) is 11.5 Å². The highest BCUT2D eigenvalue weighted by molar-refractivity contribution is 6.02. The van der Waals surface area contributed by atoms with Crippen molar-refractivity contribution in [1.82, 2.24) is 5.32 Å². The number of hydrogen-bond donors (Lipinski definition) is 2. The summed E-state index contributed by atoms with van der Waals surface area (Å²) in [6.45, 7) is 2.29. The van der Waals surface area contributed by atoms with Crippen LogP contribution in [0.3, 0.4) is 0 Å². The summed E-state index contributed by atoms with van der Waals surface area (Å²) in [4.78, 5) is 37.6. The van der Waals surface area contributed by atoms with Crippen molar-refractivity contribution < 1.29 is 19.2 Å². The molecule has 0 unspecified atom stereocenters. The van der Waals surface area contributed by atoms with E-state index in [1.54, 1.807) is 24.3 Å². The first kappa shape index (κ1) is 25.9. The van der Waals surface area contributed by atoms with Crippen molar-refractivity contribution in [1.29, 1.82) is 0 Å². The summed E-state index contributed by atoms with van der Waals surface area (Å²) in [7, 11) is 0. The fourth-order valence-electron chi connectivity index (χ4n) is 3.61. The molecule has 38 heavy (non-hydrogen) atoms. The summed E-state index contributed by atoms with van der Waals surface area (Å²) in [5.74, 6) is 0.916. The lowest BCUT2D eigenvalue weighted by molar-refractivity contribution is -0.384. The fraction of sp³-hybridized carbons (Fsp3) is 0.103. The van der Waals surface area contributed by atoms with Crippen LogP contribution in [-0.4, -0.2) is 30.0 Å². The number of ether oxygens (including phenoxy) is 1. The Bertz CT molecular complexity index is 1390. The van der Waals surface area contributed by atoms with Crippen molar-refractivity contribution in [3.63, 3.8) is 0 Å². The minimum atomic E-state index is -0.525. The van der Waals surface area contributed by atoms with E-state index in [1.807, 2.05) is 61.5 Å². The molecule has 2 N–H and O–H groups in total. The summed E-state index contributed by atoms with van der Waals surface area (Å²) in [5.41, 5.74) is 2.51. The number of nitrogens with one attached hydrogen (secondary N) is 2. The number of amides is 3.